The van der Waals surface area contributed by atoms with Gasteiger partial charge in [0.15, 0.2) is 6.61 Å². The van der Waals surface area contributed by atoms with Crippen LogP contribution in [0.1, 0.15) is 48.5 Å². The Bertz CT molecular complexity index is 373. The van der Waals surface area contributed by atoms with Crippen molar-refractivity contribution in [1.82, 2.24) is 0 Å². The van der Waals surface area contributed by atoms with Gasteiger partial charge >= 0.3 is 5.97 Å². The van der Waals surface area contributed by atoms with Crippen molar-refractivity contribution in [3.8, 4) is 0 Å². The van der Waals surface area contributed by atoms with Gasteiger partial charge in [-0.05, 0) is 30.5 Å². The van der Waals surface area contributed by atoms with Gasteiger partial charge < -0.3 is 4.74 Å². The molecule has 0 aliphatic rings. The first kappa shape index (κ1) is 16.7. The highest BCUT2D eigenvalue weighted by atomic mass is 17.2. The minimum Gasteiger partial charge on any atom is -0.382 e. The van der Waals surface area contributed by atoms with Crippen LogP contribution in [0.25, 0.3) is 0 Å². The van der Waals surface area contributed by atoms with Crippen molar-refractivity contribution in [3.05, 3.63) is 42.0 Å². The molecule has 111 valence electrons. The van der Waals surface area contributed by atoms with E-state index in [1.807, 2.05) is 12.1 Å². The number of rotatable bonds is 10. The topological polar surface area (TPSA) is 44.8 Å². The average molecular weight is 279 g/mol. The van der Waals surface area contributed by atoms with E-state index in [1.54, 1.807) is 12.1 Å². The summed E-state index contributed by atoms with van der Waals surface area (Å²) >= 11 is 0. The van der Waals surface area contributed by atoms with Gasteiger partial charge in [0.2, 0.25) is 0 Å². The van der Waals surface area contributed by atoms with Crippen LogP contribution in [0.4, 0.5) is 0 Å². The average Bonchev–Trinajstić information content (AvgIpc) is 2.48. The van der Waals surface area contributed by atoms with Gasteiger partial charge in [-0.25, -0.2) is 4.79 Å². The number of carbonyl (C=O) groups excluding carboxylic acids is 1. The number of carbonyl (C=O) groups is 1. The Morgan fingerprint density at radius 1 is 1.15 bits per heavy atom. The van der Waals surface area contributed by atoms with Crippen molar-refractivity contribution >= 4 is 5.97 Å². The van der Waals surface area contributed by atoms with Gasteiger partial charge in [-0.1, -0.05) is 38.3 Å². The fourth-order valence-electron chi connectivity index (χ4n) is 1.79. The third kappa shape index (κ3) is 6.68. The molecule has 4 heteroatoms. The monoisotopic (exact) mass is 279 g/mol. The zero-order chi connectivity index (χ0) is 14.6. The molecule has 1 rings (SSSR count). The normalized spacial score (nSPS) is 10.5. The van der Waals surface area contributed by atoms with E-state index in [9.17, 15) is 4.79 Å². The van der Waals surface area contributed by atoms with Gasteiger partial charge in [-0.2, -0.15) is 4.89 Å². The molecule has 0 saturated carbocycles. The van der Waals surface area contributed by atoms with E-state index in [2.05, 4.69) is 16.7 Å². The van der Waals surface area contributed by atoms with Crippen LogP contribution in [0.15, 0.2) is 24.3 Å². The van der Waals surface area contributed by atoms with Crippen LogP contribution < -0.4 is 0 Å². The van der Waals surface area contributed by atoms with Crippen molar-refractivity contribution in [3.63, 3.8) is 0 Å². The molecule has 0 aliphatic heterocycles. The highest BCUT2D eigenvalue weighted by Gasteiger charge is 2.08. The summed E-state index contributed by atoms with van der Waals surface area (Å²) in [7, 11) is 1.53. The quantitative estimate of drug-likeness (QED) is 0.372. The zero-order valence-electron chi connectivity index (χ0n) is 12.3. The zero-order valence-corrected chi connectivity index (χ0v) is 12.3. The van der Waals surface area contributed by atoms with Gasteiger partial charge in [-0.3, -0.25) is 4.89 Å². The maximum Gasteiger partial charge on any atom is 0.373 e. The minimum atomic E-state index is -0.505. The molecule has 0 spiro atoms. The second-order valence-corrected chi connectivity index (χ2v) is 4.60. The van der Waals surface area contributed by atoms with Crippen molar-refractivity contribution in [2.75, 3.05) is 13.7 Å². The van der Waals surface area contributed by atoms with Crippen molar-refractivity contribution in [2.45, 2.75) is 39.0 Å². The third-order valence-electron chi connectivity index (χ3n) is 2.94. The number of hydrogen-bond acceptors (Lipinski definition) is 4. The number of hydrogen-bond donors (Lipinski definition) is 0. The minimum absolute atomic E-state index is 0.268. The highest BCUT2D eigenvalue weighted by molar-refractivity contribution is 5.88. The van der Waals surface area contributed by atoms with Crippen LogP contribution in [0.3, 0.4) is 0 Å². The maximum atomic E-state index is 11.6. The fourth-order valence-corrected chi connectivity index (χ4v) is 1.79. The summed E-state index contributed by atoms with van der Waals surface area (Å²) in [4.78, 5) is 20.8. The molecule has 20 heavy (non-hydrogen) atoms. The predicted octanol–water partition coefficient (Wildman–Crippen LogP) is 3.71. The Morgan fingerprint density at radius 3 is 2.55 bits per heavy atom. The van der Waals surface area contributed by atoms with E-state index in [4.69, 9.17) is 4.74 Å². The van der Waals surface area contributed by atoms with Crippen molar-refractivity contribution < 1.29 is 19.3 Å². The maximum absolute atomic E-state index is 11.6. The van der Waals surface area contributed by atoms with E-state index in [0.29, 0.717) is 5.56 Å². The molecule has 0 bridgehead atoms. The SMILES string of the molecule is CCCCCCc1ccc(C(=O)OO[CH]COC)cc1. The molecule has 0 aromatic heterocycles. The van der Waals surface area contributed by atoms with Crippen LogP contribution in [0.2, 0.25) is 0 Å². The Labute approximate surface area is 121 Å². The van der Waals surface area contributed by atoms with Crippen molar-refractivity contribution in [1.29, 1.82) is 0 Å². The molecule has 0 saturated heterocycles. The van der Waals surface area contributed by atoms with E-state index < -0.39 is 5.97 Å². The highest BCUT2D eigenvalue weighted by Crippen LogP contribution is 2.10. The molecule has 0 fully saturated rings. The third-order valence-corrected chi connectivity index (χ3v) is 2.94. The molecule has 0 aliphatic carbocycles. The number of aryl methyl sites for hydroxylation is 1. The second kappa shape index (κ2) is 10.4. The van der Waals surface area contributed by atoms with Gasteiger partial charge in [0.1, 0.15) is 0 Å². The molecule has 0 N–H and O–H groups in total. The Hall–Kier alpha value is -1.39. The first-order chi connectivity index (χ1) is 9.77. The molecule has 0 heterocycles. The first-order valence-corrected chi connectivity index (χ1v) is 7.05. The summed E-state index contributed by atoms with van der Waals surface area (Å²) in [5.74, 6) is -0.505. The van der Waals surface area contributed by atoms with Gasteiger partial charge in [0.05, 0.1) is 12.2 Å². The van der Waals surface area contributed by atoms with Crippen LogP contribution in [-0.4, -0.2) is 19.7 Å². The standard InChI is InChI=1S/C16H23O4/c1-3-4-5-6-7-14-8-10-15(11-9-14)16(17)20-19-13-12-18-2/h8-11,13H,3-7,12H2,1-2H3. The predicted molar refractivity (Wildman–Crippen MR) is 77.0 cm³/mol. The lowest BCUT2D eigenvalue weighted by molar-refractivity contribution is -0.217. The van der Waals surface area contributed by atoms with E-state index >= 15 is 0 Å². The fraction of sp³-hybridized carbons (Fsp3) is 0.500. The number of unbranched alkanes of at least 4 members (excludes halogenated alkanes) is 3. The molecule has 1 radical (unpaired) electrons. The molecular formula is C16H23O4. The lowest BCUT2D eigenvalue weighted by Crippen LogP contribution is -2.06. The van der Waals surface area contributed by atoms with Crippen LogP contribution >= 0.6 is 0 Å². The molecule has 1 aromatic rings. The number of benzene rings is 1. The number of ether oxygens (including phenoxy) is 1. The summed E-state index contributed by atoms with van der Waals surface area (Å²) in [6.07, 6.45) is 6.01. The number of methoxy groups -OCH3 is 1. The molecule has 4 nitrogen and oxygen atoms in total. The molecule has 0 unspecified atom stereocenters. The second-order valence-electron chi connectivity index (χ2n) is 4.60. The van der Waals surface area contributed by atoms with Crippen LogP contribution in [-0.2, 0) is 20.9 Å². The summed E-state index contributed by atoms with van der Waals surface area (Å²) in [5, 5.41) is 0. The molecule has 1 aromatic carbocycles. The summed E-state index contributed by atoms with van der Waals surface area (Å²) < 4.78 is 4.73. The summed E-state index contributed by atoms with van der Waals surface area (Å²) in [6, 6.07) is 7.44. The largest absolute Gasteiger partial charge is 0.382 e. The lowest BCUT2D eigenvalue weighted by Gasteiger charge is -2.04. The van der Waals surface area contributed by atoms with Gasteiger partial charge in [-0.15, -0.1) is 0 Å². The van der Waals surface area contributed by atoms with Gasteiger partial charge in [0.25, 0.3) is 0 Å². The Kier molecular flexibility index (Phi) is 8.67. The van der Waals surface area contributed by atoms with E-state index in [1.165, 1.54) is 45.0 Å². The van der Waals surface area contributed by atoms with E-state index in [0.717, 1.165) is 6.42 Å². The van der Waals surface area contributed by atoms with Gasteiger partial charge in [0, 0.05) is 7.11 Å². The van der Waals surface area contributed by atoms with Crippen molar-refractivity contribution in [2.24, 2.45) is 0 Å². The molecular weight excluding hydrogens is 256 g/mol. The Balaban J connectivity index is 2.31. The molecule has 0 amide bonds. The summed E-state index contributed by atoms with van der Waals surface area (Å²) in [6.45, 7) is 3.75. The lowest BCUT2D eigenvalue weighted by atomic mass is 10.0. The summed E-state index contributed by atoms with van der Waals surface area (Å²) in [5.41, 5.74) is 1.72. The van der Waals surface area contributed by atoms with Crippen LogP contribution in [0, 0.1) is 6.61 Å². The van der Waals surface area contributed by atoms with E-state index in [-0.39, 0.29) is 6.61 Å². The smallest absolute Gasteiger partial charge is 0.373 e. The van der Waals surface area contributed by atoms with Crippen LogP contribution in [0.5, 0.6) is 0 Å². The molecule has 0 atom stereocenters. The Morgan fingerprint density at radius 2 is 1.90 bits per heavy atom. The first-order valence-electron chi connectivity index (χ1n) is 7.05.